The lowest BCUT2D eigenvalue weighted by Gasteiger charge is -2.30. The van der Waals surface area contributed by atoms with Gasteiger partial charge in [0.1, 0.15) is 24.2 Å². The molecule has 0 aromatic heterocycles. The Morgan fingerprint density at radius 1 is 0.733 bits per heavy atom. The highest BCUT2D eigenvalue weighted by molar-refractivity contribution is 5.99. The summed E-state index contributed by atoms with van der Waals surface area (Å²) in [4.78, 5) is 86.7. The maximum Gasteiger partial charge on any atom is 0.306 e. The van der Waals surface area contributed by atoms with Crippen LogP contribution in [0.4, 0.5) is 11.4 Å². The molecule has 250 valence electrons. The van der Waals surface area contributed by atoms with Gasteiger partial charge in [0.25, 0.3) is 5.69 Å². The number of benzene rings is 1. The fourth-order valence-corrected chi connectivity index (χ4v) is 4.11. The van der Waals surface area contributed by atoms with Crippen LogP contribution in [0.15, 0.2) is 24.3 Å². The van der Waals surface area contributed by atoms with Crippen LogP contribution < -0.4 is 26.6 Å². The van der Waals surface area contributed by atoms with Gasteiger partial charge in [-0.05, 0) is 36.8 Å². The first kappa shape index (κ1) is 38.5. The van der Waals surface area contributed by atoms with Crippen molar-refractivity contribution in [1.82, 2.24) is 21.3 Å². The molecule has 5 amide bonds. The number of anilines is 1. The molecule has 0 unspecified atom stereocenters. The van der Waals surface area contributed by atoms with E-state index in [1.165, 1.54) is 38.3 Å². The van der Waals surface area contributed by atoms with Gasteiger partial charge in [0.2, 0.25) is 29.5 Å². The molecule has 5 N–H and O–H groups in total. The molecule has 0 bridgehead atoms. The fourth-order valence-electron chi connectivity index (χ4n) is 4.11. The minimum atomic E-state index is -1.06. The van der Waals surface area contributed by atoms with Gasteiger partial charge in [0.15, 0.2) is 0 Å². The van der Waals surface area contributed by atoms with Crippen LogP contribution in [0.5, 0.6) is 0 Å². The molecule has 45 heavy (non-hydrogen) atoms. The number of hydrogen-bond acceptors (Lipinski definition) is 9. The number of nitro groups is 1. The highest BCUT2D eigenvalue weighted by Gasteiger charge is 2.34. The number of nitrogens with zero attached hydrogens (tertiary/aromatic N) is 1. The van der Waals surface area contributed by atoms with Gasteiger partial charge in [-0.2, -0.15) is 0 Å². The molecule has 0 aliphatic rings. The summed E-state index contributed by atoms with van der Waals surface area (Å²) in [5.74, 6) is -4.61. The predicted octanol–water partition coefficient (Wildman–Crippen LogP) is 1.80. The van der Waals surface area contributed by atoms with Gasteiger partial charge in [0, 0.05) is 24.2 Å². The number of hydrogen-bond donors (Lipinski definition) is 5. The zero-order valence-corrected chi connectivity index (χ0v) is 27.1. The van der Waals surface area contributed by atoms with Crippen molar-refractivity contribution in [3.05, 3.63) is 34.4 Å². The van der Waals surface area contributed by atoms with Gasteiger partial charge < -0.3 is 31.3 Å². The largest absolute Gasteiger partial charge is 0.469 e. The zero-order valence-electron chi connectivity index (χ0n) is 27.1. The summed E-state index contributed by atoms with van der Waals surface area (Å²) in [6.45, 7) is 11.9. The molecule has 15 nitrogen and oxygen atoms in total. The normalized spacial score (nSPS) is 14.3. The van der Waals surface area contributed by atoms with E-state index in [1.807, 2.05) is 6.92 Å². The van der Waals surface area contributed by atoms with Gasteiger partial charge >= 0.3 is 5.97 Å². The molecular weight excluding hydrogens is 588 g/mol. The fraction of sp³-hybridized carbons (Fsp3) is 0.600. The van der Waals surface area contributed by atoms with Gasteiger partial charge in [-0.3, -0.25) is 38.9 Å². The van der Waals surface area contributed by atoms with Crippen molar-refractivity contribution >= 4 is 46.9 Å². The lowest BCUT2D eigenvalue weighted by Crippen LogP contribution is -2.60. The summed E-state index contributed by atoms with van der Waals surface area (Å²) >= 11 is 0. The smallest absolute Gasteiger partial charge is 0.306 e. The number of ether oxygens (including phenoxy) is 1. The number of rotatable bonds is 17. The molecule has 1 aromatic carbocycles. The van der Waals surface area contributed by atoms with E-state index >= 15 is 0 Å². The second-order valence-electron chi connectivity index (χ2n) is 11.5. The molecule has 0 saturated heterocycles. The van der Waals surface area contributed by atoms with Crippen LogP contribution >= 0.6 is 0 Å². The molecule has 0 fully saturated rings. The molecule has 0 aliphatic carbocycles. The maximum atomic E-state index is 13.4. The summed E-state index contributed by atoms with van der Waals surface area (Å²) in [6, 6.07) is 1.08. The topological polar surface area (TPSA) is 215 Å². The van der Waals surface area contributed by atoms with Crippen molar-refractivity contribution in [1.29, 1.82) is 0 Å². The summed E-state index contributed by atoms with van der Waals surface area (Å²) in [6.07, 6.45) is 0.183. The molecule has 0 saturated carbocycles. The minimum Gasteiger partial charge on any atom is -0.469 e. The SMILES string of the molecule is CC[C@H](C)[C@H](NC(=O)[C@@H](NC(=O)[C@@H](NC(=O)CCC(=O)OC)C(C)C)C(C)C)C(=O)N[C@@H](C)C(=O)Nc1ccc([N+](=O)[O-])cc1. The number of amides is 5. The molecule has 1 rings (SSSR count). The molecule has 0 heterocycles. The Labute approximate surface area is 263 Å². The van der Waals surface area contributed by atoms with Crippen LogP contribution in [0.25, 0.3) is 0 Å². The first-order chi connectivity index (χ1) is 21.0. The molecule has 15 heteroatoms. The van der Waals surface area contributed by atoms with Crippen molar-refractivity contribution in [3.63, 3.8) is 0 Å². The lowest BCUT2D eigenvalue weighted by atomic mass is 9.95. The molecule has 0 spiro atoms. The third-order valence-electron chi connectivity index (χ3n) is 7.19. The third kappa shape index (κ3) is 12.5. The summed E-state index contributed by atoms with van der Waals surface area (Å²) in [5, 5.41) is 24.0. The Balaban J connectivity index is 2.97. The van der Waals surface area contributed by atoms with E-state index in [9.17, 15) is 38.9 Å². The average Bonchev–Trinajstić information content (AvgIpc) is 2.98. The highest BCUT2D eigenvalue weighted by atomic mass is 16.6. The van der Waals surface area contributed by atoms with Crippen molar-refractivity contribution in [2.75, 3.05) is 12.4 Å². The van der Waals surface area contributed by atoms with Gasteiger partial charge in [-0.15, -0.1) is 0 Å². The standard InChI is InChI=1S/C30H46N6O9/c1-9-18(6)26(30(42)31-19(7)27(39)32-20-10-12-21(13-11-20)36(43)44)35-29(41)25(17(4)5)34-28(40)24(16(2)3)33-22(37)14-15-23(38)45-8/h10-13,16-19,24-26H,9,14-15H2,1-8H3,(H,31,42)(H,32,39)(H,33,37)(H,34,40)(H,35,41)/t18-,19-,24-,25-,26-/m0/s1. The number of methoxy groups -OCH3 is 1. The van der Waals surface area contributed by atoms with E-state index in [4.69, 9.17) is 0 Å². The Bertz CT molecular complexity index is 1220. The first-order valence-electron chi connectivity index (χ1n) is 14.8. The number of non-ortho nitro benzene ring substituents is 1. The van der Waals surface area contributed by atoms with Crippen LogP contribution in [0.3, 0.4) is 0 Å². The van der Waals surface area contributed by atoms with Gasteiger partial charge in [-0.25, -0.2) is 0 Å². The van der Waals surface area contributed by atoms with Crippen molar-refractivity contribution in [3.8, 4) is 0 Å². The number of carbonyl (C=O) groups excluding carboxylic acids is 6. The molecular formula is C30H46N6O9. The predicted molar refractivity (Wildman–Crippen MR) is 166 cm³/mol. The van der Waals surface area contributed by atoms with E-state index in [2.05, 4.69) is 31.3 Å². The monoisotopic (exact) mass is 634 g/mol. The second kappa shape index (κ2) is 18.3. The zero-order chi connectivity index (χ0) is 34.4. The average molecular weight is 635 g/mol. The van der Waals surface area contributed by atoms with Crippen molar-refractivity contribution < 1.29 is 38.4 Å². The maximum absolute atomic E-state index is 13.4. The minimum absolute atomic E-state index is 0.141. The van der Waals surface area contributed by atoms with Crippen LogP contribution in [-0.4, -0.2) is 71.7 Å². The number of esters is 1. The summed E-state index contributed by atoms with van der Waals surface area (Å²) < 4.78 is 4.54. The third-order valence-corrected chi connectivity index (χ3v) is 7.19. The van der Waals surface area contributed by atoms with E-state index < -0.39 is 70.5 Å². The van der Waals surface area contributed by atoms with Crippen LogP contribution in [-0.2, 0) is 33.5 Å². The van der Waals surface area contributed by atoms with Crippen LogP contribution in [0, 0.1) is 27.9 Å². The Morgan fingerprint density at radius 2 is 1.22 bits per heavy atom. The highest BCUT2D eigenvalue weighted by Crippen LogP contribution is 2.16. The number of carbonyl (C=O) groups is 6. The van der Waals surface area contributed by atoms with E-state index in [0.29, 0.717) is 12.1 Å². The molecule has 1 aromatic rings. The summed E-state index contributed by atoms with van der Waals surface area (Å²) in [5.41, 5.74) is 0.158. The van der Waals surface area contributed by atoms with E-state index in [1.54, 1.807) is 34.6 Å². The molecule has 0 aliphatic heterocycles. The first-order valence-corrected chi connectivity index (χ1v) is 14.8. The molecule has 5 atom stereocenters. The Hall–Kier alpha value is -4.56. The van der Waals surface area contributed by atoms with E-state index in [0.717, 1.165) is 0 Å². The lowest BCUT2D eigenvalue weighted by molar-refractivity contribution is -0.384. The van der Waals surface area contributed by atoms with Gasteiger partial charge in [0.05, 0.1) is 18.5 Å². The second-order valence-corrected chi connectivity index (χ2v) is 11.5. The molecule has 0 radical (unpaired) electrons. The summed E-state index contributed by atoms with van der Waals surface area (Å²) in [7, 11) is 1.21. The van der Waals surface area contributed by atoms with Crippen LogP contribution in [0.2, 0.25) is 0 Å². The van der Waals surface area contributed by atoms with Crippen LogP contribution in [0.1, 0.15) is 67.7 Å². The number of nitro benzene ring substituents is 1. The van der Waals surface area contributed by atoms with Gasteiger partial charge in [-0.1, -0.05) is 48.0 Å². The number of nitrogens with one attached hydrogen (secondary N) is 5. The Kier molecular flexibility index (Phi) is 15.6. The van der Waals surface area contributed by atoms with Crippen molar-refractivity contribution in [2.45, 2.75) is 91.9 Å². The quantitative estimate of drug-likeness (QED) is 0.0958. The Morgan fingerprint density at radius 3 is 1.69 bits per heavy atom. The van der Waals surface area contributed by atoms with E-state index in [-0.39, 0.29) is 30.4 Å². The van der Waals surface area contributed by atoms with Crippen molar-refractivity contribution in [2.24, 2.45) is 17.8 Å².